The fraction of sp³-hybridized carbons (Fsp3) is 0.280. The Kier molecular flexibility index (Phi) is 5.52. The van der Waals surface area contributed by atoms with E-state index in [-0.39, 0.29) is 17.5 Å². The maximum Gasteiger partial charge on any atom is 0.252 e. The van der Waals surface area contributed by atoms with E-state index in [9.17, 15) is 14.4 Å². The first-order valence-electron chi connectivity index (χ1n) is 11.1. The van der Waals surface area contributed by atoms with Crippen LogP contribution in [0.25, 0.3) is 10.9 Å². The number of pyridine rings is 1. The molecule has 1 heterocycles. The molecule has 10 heteroatoms. The zero-order valence-electron chi connectivity index (χ0n) is 18.9. The Labute approximate surface area is 205 Å². The number of hydrogen-bond acceptors (Lipinski definition) is 6. The number of aromatic nitrogens is 1. The summed E-state index contributed by atoms with van der Waals surface area (Å²) in [5, 5.41) is 0.870. The molecule has 3 aromatic rings. The Balaban J connectivity index is 1.47. The van der Waals surface area contributed by atoms with Crippen molar-refractivity contribution in [2.24, 2.45) is 16.9 Å². The van der Waals surface area contributed by atoms with Gasteiger partial charge in [-0.05, 0) is 49.9 Å². The number of carbonyl (C=O) groups is 3. The SMILES string of the molecule is COc1cc2nccc(Oc3ccc(N(C(=O)C4(C(N)=O)CC4)C4CC4)c(Cl)c3)c2cc1C(N)=O. The minimum atomic E-state index is -1.13. The molecule has 0 spiro atoms. The Morgan fingerprint density at radius 3 is 2.40 bits per heavy atom. The number of ether oxygens (including phenoxy) is 2. The summed E-state index contributed by atoms with van der Waals surface area (Å²) in [5.41, 5.74) is 11.2. The van der Waals surface area contributed by atoms with Crippen molar-refractivity contribution in [2.45, 2.75) is 31.7 Å². The second kappa shape index (κ2) is 8.42. The summed E-state index contributed by atoms with van der Waals surface area (Å²) in [7, 11) is 1.45. The number of anilines is 1. The quantitative estimate of drug-likeness (QED) is 0.459. The van der Waals surface area contributed by atoms with Crippen molar-refractivity contribution in [3.05, 3.63) is 53.2 Å². The van der Waals surface area contributed by atoms with Gasteiger partial charge in [-0.3, -0.25) is 19.4 Å². The maximum atomic E-state index is 13.2. The van der Waals surface area contributed by atoms with Gasteiger partial charge < -0.3 is 25.8 Å². The van der Waals surface area contributed by atoms with E-state index >= 15 is 0 Å². The third-order valence-corrected chi connectivity index (χ3v) is 6.76. The highest BCUT2D eigenvalue weighted by Crippen LogP contribution is 2.50. The molecule has 0 aliphatic heterocycles. The lowest BCUT2D eigenvalue weighted by Crippen LogP contribution is -2.44. The molecule has 0 atom stereocenters. The fourth-order valence-corrected chi connectivity index (χ4v) is 4.46. The molecule has 0 unspecified atom stereocenters. The lowest BCUT2D eigenvalue weighted by Gasteiger charge is -2.27. The monoisotopic (exact) mass is 494 g/mol. The van der Waals surface area contributed by atoms with Crippen molar-refractivity contribution in [1.29, 1.82) is 0 Å². The van der Waals surface area contributed by atoms with Crippen molar-refractivity contribution in [1.82, 2.24) is 4.98 Å². The first-order valence-corrected chi connectivity index (χ1v) is 11.5. The molecule has 180 valence electrons. The maximum absolute atomic E-state index is 13.2. The van der Waals surface area contributed by atoms with E-state index in [1.54, 1.807) is 47.5 Å². The standard InChI is InChI=1S/C25H23ClN4O5/c1-34-21-12-18-15(11-16(21)22(27)31)20(6-9-29-18)35-14-4-5-19(17(26)10-14)30(13-2-3-13)24(33)25(7-8-25)23(28)32/h4-6,9-13H,2-3,7-8H2,1H3,(H2,27,31)(H2,28,32). The molecule has 0 bridgehead atoms. The number of hydrogen-bond donors (Lipinski definition) is 2. The second-order valence-corrected chi connectivity index (χ2v) is 9.22. The van der Waals surface area contributed by atoms with E-state index in [0.29, 0.717) is 51.7 Å². The van der Waals surface area contributed by atoms with Crippen LogP contribution in [0.3, 0.4) is 0 Å². The normalized spacial score (nSPS) is 15.9. The highest BCUT2D eigenvalue weighted by atomic mass is 35.5. The van der Waals surface area contributed by atoms with Crippen LogP contribution in [-0.2, 0) is 9.59 Å². The largest absolute Gasteiger partial charge is 0.496 e. The zero-order valence-corrected chi connectivity index (χ0v) is 19.7. The lowest BCUT2D eigenvalue weighted by molar-refractivity contribution is -0.133. The van der Waals surface area contributed by atoms with Crippen LogP contribution >= 0.6 is 11.6 Å². The fourth-order valence-electron chi connectivity index (χ4n) is 4.20. The van der Waals surface area contributed by atoms with E-state index in [0.717, 1.165) is 12.8 Å². The molecule has 0 saturated heterocycles. The molecular weight excluding hydrogens is 472 g/mol. The van der Waals surface area contributed by atoms with Gasteiger partial charge in [0.15, 0.2) is 0 Å². The van der Waals surface area contributed by atoms with Crippen molar-refractivity contribution < 1.29 is 23.9 Å². The van der Waals surface area contributed by atoms with E-state index < -0.39 is 17.2 Å². The van der Waals surface area contributed by atoms with Crippen molar-refractivity contribution in [3.8, 4) is 17.2 Å². The molecule has 9 nitrogen and oxygen atoms in total. The summed E-state index contributed by atoms with van der Waals surface area (Å²) in [4.78, 5) is 43.0. The Morgan fingerprint density at radius 2 is 1.83 bits per heavy atom. The summed E-state index contributed by atoms with van der Waals surface area (Å²) in [6.45, 7) is 0. The molecule has 35 heavy (non-hydrogen) atoms. The van der Waals surface area contributed by atoms with Crippen molar-refractivity contribution in [3.63, 3.8) is 0 Å². The molecule has 0 radical (unpaired) electrons. The molecule has 3 amide bonds. The van der Waals surface area contributed by atoms with E-state index in [4.69, 9.17) is 32.5 Å². The van der Waals surface area contributed by atoms with E-state index in [2.05, 4.69) is 4.98 Å². The second-order valence-electron chi connectivity index (χ2n) is 8.81. The highest BCUT2D eigenvalue weighted by Gasteiger charge is 2.58. The minimum absolute atomic E-state index is 0.00469. The average Bonchev–Trinajstić information content (AvgIpc) is 3.74. The van der Waals surface area contributed by atoms with Crippen molar-refractivity contribution in [2.75, 3.05) is 12.0 Å². The molecule has 2 saturated carbocycles. The number of benzene rings is 2. The summed E-state index contributed by atoms with van der Waals surface area (Å²) < 4.78 is 11.3. The van der Waals surface area contributed by atoms with E-state index in [1.807, 2.05) is 0 Å². The molecule has 2 fully saturated rings. The number of amides is 3. The predicted molar refractivity (Wildman–Crippen MR) is 130 cm³/mol. The van der Waals surface area contributed by atoms with Crippen LogP contribution in [0.1, 0.15) is 36.0 Å². The topological polar surface area (TPSA) is 138 Å². The summed E-state index contributed by atoms with van der Waals surface area (Å²) in [6.07, 6.45) is 4.16. The number of rotatable bonds is 8. The molecule has 5 rings (SSSR count). The predicted octanol–water partition coefficient (Wildman–Crippen LogP) is 3.55. The van der Waals surface area contributed by atoms with Crippen LogP contribution in [0.2, 0.25) is 5.02 Å². The van der Waals surface area contributed by atoms with Gasteiger partial charge in [0.2, 0.25) is 11.8 Å². The van der Waals surface area contributed by atoms with Crippen molar-refractivity contribution >= 4 is 45.9 Å². The first-order chi connectivity index (χ1) is 16.7. The zero-order chi connectivity index (χ0) is 24.9. The number of methoxy groups -OCH3 is 1. The van der Waals surface area contributed by atoms with Gasteiger partial charge in [-0.2, -0.15) is 0 Å². The highest BCUT2D eigenvalue weighted by molar-refractivity contribution is 6.34. The molecular formula is C25H23ClN4O5. The molecule has 2 aliphatic rings. The third-order valence-electron chi connectivity index (χ3n) is 6.46. The minimum Gasteiger partial charge on any atom is -0.496 e. The Morgan fingerprint density at radius 1 is 1.09 bits per heavy atom. The van der Waals surface area contributed by atoms with Gasteiger partial charge >= 0.3 is 0 Å². The van der Waals surface area contributed by atoms with Gasteiger partial charge in [0, 0.05) is 29.8 Å². The number of fused-ring (bicyclic) bond motifs is 1. The van der Waals surface area contributed by atoms with Gasteiger partial charge in [0.25, 0.3) is 5.91 Å². The number of carbonyl (C=O) groups excluding carboxylic acids is 3. The van der Waals surface area contributed by atoms with Crippen LogP contribution in [0, 0.1) is 5.41 Å². The molecule has 4 N–H and O–H groups in total. The van der Waals surface area contributed by atoms with Crippen LogP contribution in [0.15, 0.2) is 42.6 Å². The smallest absolute Gasteiger partial charge is 0.252 e. The molecule has 1 aromatic heterocycles. The first kappa shape index (κ1) is 22.9. The van der Waals surface area contributed by atoms with Gasteiger partial charge in [-0.25, -0.2) is 0 Å². The van der Waals surface area contributed by atoms with Gasteiger partial charge in [-0.15, -0.1) is 0 Å². The van der Waals surface area contributed by atoms with Gasteiger partial charge in [0.1, 0.15) is 22.7 Å². The van der Waals surface area contributed by atoms with Gasteiger partial charge in [0.05, 0.1) is 28.9 Å². The van der Waals surface area contributed by atoms with Gasteiger partial charge in [-0.1, -0.05) is 11.6 Å². The van der Waals surface area contributed by atoms with Crippen LogP contribution in [0.4, 0.5) is 5.69 Å². The number of halogens is 1. The van der Waals surface area contributed by atoms with Crippen LogP contribution in [-0.4, -0.2) is 35.9 Å². The Hall–Kier alpha value is -3.85. The Bertz CT molecular complexity index is 1380. The van der Waals surface area contributed by atoms with Crippen LogP contribution < -0.4 is 25.8 Å². The summed E-state index contributed by atoms with van der Waals surface area (Å²) in [6, 6.07) is 9.84. The number of nitrogens with zero attached hydrogens (tertiary/aromatic N) is 2. The average molecular weight is 495 g/mol. The molecule has 2 aliphatic carbocycles. The van der Waals surface area contributed by atoms with E-state index in [1.165, 1.54) is 7.11 Å². The third kappa shape index (κ3) is 4.01. The molecule has 2 aromatic carbocycles. The summed E-state index contributed by atoms with van der Waals surface area (Å²) >= 11 is 6.60. The number of primary amides is 2. The number of nitrogens with two attached hydrogens (primary N) is 2. The van der Waals surface area contributed by atoms with Crippen LogP contribution in [0.5, 0.6) is 17.2 Å². The lowest BCUT2D eigenvalue weighted by atomic mass is 10.0. The summed E-state index contributed by atoms with van der Waals surface area (Å²) in [5.74, 6) is -0.361.